The summed E-state index contributed by atoms with van der Waals surface area (Å²) in [6.45, 7) is 13.2. The van der Waals surface area contributed by atoms with Crippen LogP contribution in [-0.2, 0) is 27.1 Å². The maximum atomic E-state index is 12.9. The first-order chi connectivity index (χ1) is 18.2. The first-order valence-electron chi connectivity index (χ1n) is 14.7. The summed E-state index contributed by atoms with van der Waals surface area (Å²) >= 11 is 0. The van der Waals surface area contributed by atoms with Crippen LogP contribution in [-0.4, -0.2) is 62.7 Å². The lowest BCUT2D eigenvalue weighted by Gasteiger charge is -2.30. The molecule has 1 aromatic rings. The van der Waals surface area contributed by atoms with Crippen LogP contribution < -0.4 is 15.8 Å². The van der Waals surface area contributed by atoms with Gasteiger partial charge in [0.2, 0.25) is 5.91 Å². The van der Waals surface area contributed by atoms with Gasteiger partial charge in [-0.25, -0.2) is 0 Å². The van der Waals surface area contributed by atoms with E-state index in [0.717, 1.165) is 44.5 Å². The summed E-state index contributed by atoms with van der Waals surface area (Å²) in [6, 6.07) is 6.12. The normalized spacial score (nSPS) is 18.9. The molecule has 1 fully saturated rings. The van der Waals surface area contributed by atoms with Crippen molar-refractivity contribution in [2.45, 2.75) is 97.8 Å². The van der Waals surface area contributed by atoms with E-state index in [-0.39, 0.29) is 23.8 Å². The predicted octanol–water partition coefficient (Wildman–Crippen LogP) is 4.51. The molecule has 0 bridgehead atoms. The fourth-order valence-corrected chi connectivity index (χ4v) is 5.21. The van der Waals surface area contributed by atoms with Gasteiger partial charge in [0, 0.05) is 45.2 Å². The lowest BCUT2D eigenvalue weighted by molar-refractivity contribution is -0.128. The molecule has 1 amide bonds. The molecule has 0 aromatic heterocycles. The molecule has 2 rings (SSSR count). The molecule has 0 aliphatic carbocycles. The van der Waals surface area contributed by atoms with E-state index in [1.54, 1.807) is 7.11 Å². The number of ether oxygens (including phenoxy) is 3. The Balaban J connectivity index is 1.97. The van der Waals surface area contributed by atoms with Crippen molar-refractivity contribution in [2.75, 3.05) is 33.5 Å². The van der Waals surface area contributed by atoms with Crippen LogP contribution >= 0.6 is 0 Å². The van der Waals surface area contributed by atoms with Crippen LogP contribution in [0.15, 0.2) is 18.2 Å². The third-order valence-corrected chi connectivity index (χ3v) is 7.94. The number of hydrogen-bond donors (Lipinski definition) is 3. The number of rotatable bonds is 18. The van der Waals surface area contributed by atoms with Crippen LogP contribution in [0.4, 0.5) is 0 Å². The van der Waals surface area contributed by atoms with Crippen LogP contribution in [0.5, 0.6) is 5.75 Å². The van der Waals surface area contributed by atoms with Crippen molar-refractivity contribution < 1.29 is 24.1 Å². The van der Waals surface area contributed by atoms with Gasteiger partial charge in [0.25, 0.3) is 0 Å². The molecule has 5 atom stereocenters. The predicted molar refractivity (Wildman–Crippen MR) is 153 cm³/mol. The van der Waals surface area contributed by atoms with Crippen molar-refractivity contribution in [1.29, 1.82) is 0 Å². The van der Waals surface area contributed by atoms with Gasteiger partial charge in [-0.15, -0.1) is 0 Å². The van der Waals surface area contributed by atoms with Crippen LogP contribution in [0.2, 0.25) is 0 Å². The van der Waals surface area contributed by atoms with E-state index >= 15 is 0 Å². The van der Waals surface area contributed by atoms with E-state index in [0.29, 0.717) is 44.4 Å². The summed E-state index contributed by atoms with van der Waals surface area (Å²) in [7, 11) is 1.70. The first kappa shape index (κ1) is 32.5. The number of amides is 1. The van der Waals surface area contributed by atoms with Crippen LogP contribution in [0.3, 0.4) is 0 Å². The summed E-state index contributed by atoms with van der Waals surface area (Å²) in [6.07, 6.45) is 5.10. The molecule has 38 heavy (non-hydrogen) atoms. The third kappa shape index (κ3) is 10.8. The minimum Gasteiger partial charge on any atom is -0.493 e. The topological polar surface area (TPSA) is 103 Å². The van der Waals surface area contributed by atoms with E-state index in [9.17, 15) is 9.90 Å². The summed E-state index contributed by atoms with van der Waals surface area (Å²) in [5, 5.41) is 14.1. The van der Waals surface area contributed by atoms with Crippen LogP contribution in [0.1, 0.15) is 77.8 Å². The standard InChI is InChI=1S/C31H54N2O5/c1-7-24-12-11-23(17-30(24)38-15-9-13-36-6)16-25(21(2)3)18-28(32)29(34)19-27(22(4)5)31(35)33-20-26-10-8-14-37-26/h11-12,17,21-22,25-29,34H,7-10,13-16,18-20,32H2,1-6H3,(H,33,35)/t25?,26-,27?,28?,29?/m0/s1. The average Bonchev–Trinajstić information content (AvgIpc) is 3.41. The Morgan fingerprint density at radius 2 is 1.95 bits per heavy atom. The average molecular weight is 535 g/mol. The van der Waals surface area contributed by atoms with Crippen molar-refractivity contribution >= 4 is 5.91 Å². The first-order valence-corrected chi connectivity index (χ1v) is 14.7. The van der Waals surface area contributed by atoms with Gasteiger partial charge < -0.3 is 30.4 Å². The van der Waals surface area contributed by atoms with Gasteiger partial charge in [-0.1, -0.05) is 46.8 Å². The minimum absolute atomic E-state index is 0.0174. The van der Waals surface area contributed by atoms with Crippen LogP contribution in [0, 0.1) is 23.7 Å². The monoisotopic (exact) mass is 534 g/mol. The Morgan fingerprint density at radius 1 is 1.18 bits per heavy atom. The van der Waals surface area contributed by atoms with Gasteiger partial charge in [0.1, 0.15) is 5.75 Å². The molecule has 1 aliphatic rings. The Labute approximate surface area is 231 Å². The molecule has 0 spiro atoms. The largest absolute Gasteiger partial charge is 0.493 e. The van der Waals surface area contributed by atoms with Gasteiger partial charge in [0.05, 0.1) is 18.8 Å². The number of methoxy groups -OCH3 is 1. The highest BCUT2D eigenvalue weighted by Crippen LogP contribution is 2.29. The molecule has 7 nitrogen and oxygen atoms in total. The molecule has 1 heterocycles. The van der Waals surface area contributed by atoms with Gasteiger partial charge in [-0.05, 0) is 73.5 Å². The number of carbonyl (C=O) groups is 1. The van der Waals surface area contributed by atoms with Gasteiger partial charge in [-0.3, -0.25) is 4.79 Å². The molecule has 1 aromatic carbocycles. The molecule has 4 N–H and O–H groups in total. The summed E-state index contributed by atoms with van der Waals surface area (Å²) < 4.78 is 16.9. The zero-order valence-electron chi connectivity index (χ0n) is 24.7. The van der Waals surface area contributed by atoms with Crippen molar-refractivity contribution in [3.63, 3.8) is 0 Å². The molecule has 218 valence electrons. The Morgan fingerprint density at radius 3 is 2.55 bits per heavy atom. The molecule has 1 aliphatic heterocycles. The third-order valence-electron chi connectivity index (χ3n) is 7.94. The molecule has 7 heteroatoms. The number of aryl methyl sites for hydroxylation is 1. The molecule has 0 saturated carbocycles. The number of carbonyl (C=O) groups excluding carboxylic acids is 1. The maximum Gasteiger partial charge on any atom is 0.223 e. The highest BCUT2D eigenvalue weighted by molar-refractivity contribution is 5.78. The van der Waals surface area contributed by atoms with Gasteiger partial charge in [-0.2, -0.15) is 0 Å². The van der Waals surface area contributed by atoms with Crippen LogP contribution in [0.25, 0.3) is 0 Å². The van der Waals surface area contributed by atoms with Crippen molar-refractivity contribution in [2.24, 2.45) is 29.4 Å². The Hall–Kier alpha value is -1.67. The molecule has 4 unspecified atom stereocenters. The molecule has 1 saturated heterocycles. The number of nitrogens with two attached hydrogens (primary N) is 1. The molecular weight excluding hydrogens is 480 g/mol. The lowest BCUT2D eigenvalue weighted by Crippen LogP contribution is -2.43. The number of hydrogen-bond acceptors (Lipinski definition) is 6. The quantitative estimate of drug-likeness (QED) is 0.239. The number of nitrogens with one attached hydrogen (secondary N) is 1. The second kappa shape index (κ2) is 17.1. The van der Waals surface area contributed by atoms with E-state index in [4.69, 9.17) is 19.9 Å². The summed E-state index contributed by atoms with van der Waals surface area (Å²) in [5.74, 6) is 1.47. The second-order valence-electron chi connectivity index (χ2n) is 11.6. The molecule has 0 radical (unpaired) electrons. The Kier molecular flexibility index (Phi) is 14.7. The highest BCUT2D eigenvalue weighted by atomic mass is 16.5. The number of aliphatic hydroxyl groups is 1. The van der Waals surface area contributed by atoms with Crippen molar-refractivity contribution in [3.05, 3.63) is 29.3 Å². The van der Waals surface area contributed by atoms with Crippen molar-refractivity contribution in [1.82, 2.24) is 5.32 Å². The van der Waals surface area contributed by atoms with E-state index in [1.807, 2.05) is 13.8 Å². The fourth-order valence-electron chi connectivity index (χ4n) is 5.21. The van der Waals surface area contributed by atoms with Gasteiger partial charge >= 0.3 is 0 Å². The number of aliphatic hydroxyl groups excluding tert-OH is 1. The summed E-state index contributed by atoms with van der Waals surface area (Å²) in [4.78, 5) is 12.9. The minimum atomic E-state index is -0.737. The smallest absolute Gasteiger partial charge is 0.223 e. The zero-order chi connectivity index (χ0) is 28.1. The second-order valence-corrected chi connectivity index (χ2v) is 11.6. The van der Waals surface area contributed by atoms with Gasteiger partial charge in [0.15, 0.2) is 0 Å². The van der Waals surface area contributed by atoms with E-state index < -0.39 is 12.1 Å². The maximum absolute atomic E-state index is 12.9. The zero-order valence-corrected chi connectivity index (χ0v) is 24.7. The lowest BCUT2D eigenvalue weighted by atomic mass is 9.80. The highest BCUT2D eigenvalue weighted by Gasteiger charge is 2.30. The van der Waals surface area contributed by atoms with E-state index in [1.165, 1.54) is 11.1 Å². The summed E-state index contributed by atoms with van der Waals surface area (Å²) in [5.41, 5.74) is 8.99. The van der Waals surface area contributed by atoms with Crippen molar-refractivity contribution in [3.8, 4) is 5.75 Å². The Bertz CT molecular complexity index is 809. The molecular formula is C31H54N2O5. The SMILES string of the molecule is CCc1ccc(CC(CC(N)C(O)CC(C(=O)NC[C@@H]2CCCO2)C(C)C)C(C)C)cc1OCCCOC. The fraction of sp³-hybridized carbons (Fsp3) is 0.774. The van der Waals surface area contributed by atoms with E-state index in [2.05, 4.69) is 44.3 Å². The number of benzene rings is 1.